The highest BCUT2D eigenvalue weighted by molar-refractivity contribution is 5.76. The Bertz CT molecular complexity index is 475. The van der Waals surface area contributed by atoms with Gasteiger partial charge in [-0.2, -0.15) is 0 Å². The lowest BCUT2D eigenvalue weighted by Crippen LogP contribution is -2.38. The topological polar surface area (TPSA) is 50.2 Å². The monoisotopic (exact) mass is 306 g/mol. The molecule has 0 aromatic carbocycles. The van der Waals surface area contributed by atoms with E-state index in [0.717, 1.165) is 38.3 Å². The maximum Gasteiger partial charge on any atom is 0.220 e. The first-order valence-electron chi connectivity index (χ1n) is 8.50. The third-order valence-corrected chi connectivity index (χ3v) is 4.75. The van der Waals surface area contributed by atoms with Gasteiger partial charge in [-0.3, -0.25) is 4.79 Å². The fourth-order valence-electron chi connectivity index (χ4n) is 3.21. The molecule has 1 fully saturated rings. The van der Waals surface area contributed by atoms with Crippen molar-refractivity contribution < 1.29 is 4.79 Å². The van der Waals surface area contributed by atoms with Gasteiger partial charge >= 0.3 is 0 Å². The summed E-state index contributed by atoms with van der Waals surface area (Å²) in [6.45, 7) is 9.82. The minimum Gasteiger partial charge on any atom is -0.346 e. The van der Waals surface area contributed by atoms with Gasteiger partial charge in [0, 0.05) is 25.9 Å². The molecule has 0 saturated carbocycles. The second-order valence-corrected chi connectivity index (χ2v) is 6.77. The highest BCUT2D eigenvalue weighted by Crippen LogP contribution is 2.23. The highest BCUT2D eigenvalue weighted by atomic mass is 16.1. The molecule has 1 aliphatic rings. The van der Waals surface area contributed by atoms with Crippen LogP contribution in [-0.2, 0) is 11.8 Å². The van der Waals surface area contributed by atoms with Crippen molar-refractivity contribution in [2.75, 3.05) is 19.6 Å². The van der Waals surface area contributed by atoms with Gasteiger partial charge in [0.2, 0.25) is 5.91 Å². The van der Waals surface area contributed by atoms with Gasteiger partial charge in [-0.25, -0.2) is 4.98 Å². The van der Waals surface area contributed by atoms with Crippen LogP contribution in [0.4, 0.5) is 0 Å². The third kappa shape index (κ3) is 4.32. The molecule has 0 radical (unpaired) electrons. The maximum absolute atomic E-state index is 12.4. The van der Waals surface area contributed by atoms with E-state index in [9.17, 15) is 4.79 Å². The van der Waals surface area contributed by atoms with Gasteiger partial charge in [-0.1, -0.05) is 20.8 Å². The molecule has 0 bridgehead atoms. The van der Waals surface area contributed by atoms with Crippen LogP contribution in [0.2, 0.25) is 0 Å². The lowest BCUT2D eigenvalue weighted by molar-refractivity contribution is -0.123. The number of piperidine rings is 1. The summed E-state index contributed by atoms with van der Waals surface area (Å²) in [4.78, 5) is 19.3. The summed E-state index contributed by atoms with van der Waals surface area (Å²) < 4.78 is 1.99. The number of hydrogen-bond acceptors (Lipinski definition) is 3. The summed E-state index contributed by atoms with van der Waals surface area (Å²) in [5.74, 6) is 1.95. The van der Waals surface area contributed by atoms with Crippen molar-refractivity contribution in [1.29, 1.82) is 0 Å². The summed E-state index contributed by atoms with van der Waals surface area (Å²) in [6.07, 6.45) is 6.63. The van der Waals surface area contributed by atoms with E-state index in [4.69, 9.17) is 0 Å². The molecule has 1 N–H and O–H groups in total. The lowest BCUT2D eigenvalue weighted by Gasteiger charge is -2.31. The van der Waals surface area contributed by atoms with Crippen molar-refractivity contribution in [2.24, 2.45) is 18.9 Å². The van der Waals surface area contributed by atoms with Crippen molar-refractivity contribution in [3.8, 4) is 0 Å². The largest absolute Gasteiger partial charge is 0.346 e. The van der Waals surface area contributed by atoms with Crippen LogP contribution in [-0.4, -0.2) is 40.0 Å². The van der Waals surface area contributed by atoms with E-state index in [1.807, 2.05) is 17.8 Å². The average molecular weight is 306 g/mol. The Morgan fingerprint density at radius 3 is 2.59 bits per heavy atom. The van der Waals surface area contributed by atoms with Gasteiger partial charge in [-0.05, 0) is 44.3 Å². The van der Waals surface area contributed by atoms with Crippen molar-refractivity contribution in [3.05, 3.63) is 18.2 Å². The number of aromatic nitrogens is 2. The number of nitrogens with zero attached hydrogens (tertiary/aromatic N) is 3. The van der Waals surface area contributed by atoms with E-state index in [0.29, 0.717) is 18.3 Å². The fraction of sp³-hybridized carbons (Fsp3) is 0.765. The molecule has 2 rings (SSSR count). The number of rotatable bonds is 6. The first kappa shape index (κ1) is 17.0. The number of carbonyl (C=O) groups is 1. The molecule has 22 heavy (non-hydrogen) atoms. The van der Waals surface area contributed by atoms with Crippen molar-refractivity contribution >= 4 is 5.91 Å². The molecule has 1 amide bonds. The van der Waals surface area contributed by atoms with Crippen molar-refractivity contribution in [3.63, 3.8) is 0 Å². The van der Waals surface area contributed by atoms with Crippen molar-refractivity contribution in [1.82, 2.24) is 19.8 Å². The minimum atomic E-state index is -0.0109. The third-order valence-electron chi connectivity index (χ3n) is 4.75. The van der Waals surface area contributed by atoms with Gasteiger partial charge in [0.25, 0.3) is 0 Å². The fourth-order valence-corrected chi connectivity index (χ4v) is 3.21. The molecule has 124 valence electrons. The SMILES string of the molecule is CCN1CCC(CC(=O)NC(c2nccn2C)C(C)C)CC1. The Balaban J connectivity index is 1.88. The van der Waals surface area contributed by atoms with E-state index < -0.39 is 0 Å². The average Bonchev–Trinajstić information content (AvgIpc) is 2.91. The summed E-state index contributed by atoms with van der Waals surface area (Å²) in [7, 11) is 1.98. The lowest BCUT2D eigenvalue weighted by atomic mass is 9.92. The minimum absolute atomic E-state index is 0.0109. The zero-order chi connectivity index (χ0) is 16.1. The smallest absolute Gasteiger partial charge is 0.220 e. The number of carbonyl (C=O) groups excluding carboxylic acids is 1. The second-order valence-electron chi connectivity index (χ2n) is 6.77. The number of nitrogens with one attached hydrogen (secondary N) is 1. The first-order valence-corrected chi connectivity index (χ1v) is 8.50. The van der Waals surface area contributed by atoms with Crippen LogP contribution in [0.5, 0.6) is 0 Å². The number of aryl methyl sites for hydroxylation is 1. The zero-order valence-electron chi connectivity index (χ0n) is 14.4. The number of likely N-dealkylation sites (tertiary alicyclic amines) is 1. The van der Waals surface area contributed by atoms with Crippen LogP contribution in [0.1, 0.15) is 51.9 Å². The highest BCUT2D eigenvalue weighted by Gasteiger charge is 2.25. The van der Waals surface area contributed by atoms with E-state index in [-0.39, 0.29) is 11.9 Å². The summed E-state index contributed by atoms with van der Waals surface area (Å²) in [5.41, 5.74) is 0. The molecule has 1 unspecified atom stereocenters. The zero-order valence-corrected chi connectivity index (χ0v) is 14.4. The Morgan fingerprint density at radius 2 is 2.09 bits per heavy atom. The van der Waals surface area contributed by atoms with Crippen LogP contribution in [0, 0.1) is 11.8 Å². The molecule has 5 nitrogen and oxygen atoms in total. The van der Waals surface area contributed by atoms with Crippen LogP contribution in [0.25, 0.3) is 0 Å². The number of amides is 1. The molecule has 2 heterocycles. The molecule has 1 atom stereocenters. The van der Waals surface area contributed by atoms with Gasteiger partial charge in [-0.15, -0.1) is 0 Å². The second kappa shape index (κ2) is 7.77. The summed E-state index contributed by atoms with van der Waals surface area (Å²) in [5, 5.41) is 3.20. The molecule has 1 aliphatic heterocycles. The molecule has 1 saturated heterocycles. The first-order chi connectivity index (χ1) is 10.5. The van der Waals surface area contributed by atoms with E-state index >= 15 is 0 Å². The van der Waals surface area contributed by atoms with Gasteiger partial charge in [0.15, 0.2) is 0 Å². The Labute approximate surface area is 134 Å². The molecule has 0 aliphatic carbocycles. The Morgan fingerprint density at radius 1 is 1.41 bits per heavy atom. The van der Waals surface area contributed by atoms with Gasteiger partial charge in [0.05, 0.1) is 6.04 Å². The molecular weight excluding hydrogens is 276 g/mol. The van der Waals surface area contributed by atoms with Gasteiger partial charge in [0.1, 0.15) is 5.82 Å². The van der Waals surface area contributed by atoms with Gasteiger partial charge < -0.3 is 14.8 Å². The normalized spacial score (nSPS) is 18.6. The molecular formula is C17H30N4O. The summed E-state index contributed by atoms with van der Waals surface area (Å²) in [6, 6.07) is -0.0109. The van der Waals surface area contributed by atoms with E-state index in [1.54, 1.807) is 6.20 Å². The van der Waals surface area contributed by atoms with E-state index in [2.05, 4.69) is 36.0 Å². The van der Waals surface area contributed by atoms with Crippen LogP contribution in [0.15, 0.2) is 12.4 Å². The number of hydrogen-bond donors (Lipinski definition) is 1. The summed E-state index contributed by atoms with van der Waals surface area (Å²) >= 11 is 0. The molecule has 5 heteroatoms. The van der Waals surface area contributed by atoms with Crippen LogP contribution in [0.3, 0.4) is 0 Å². The molecule has 1 aromatic heterocycles. The Hall–Kier alpha value is -1.36. The number of imidazole rings is 1. The maximum atomic E-state index is 12.4. The van der Waals surface area contributed by atoms with E-state index in [1.165, 1.54) is 0 Å². The standard InChI is InChI=1S/C17H30N4O/c1-5-21-9-6-14(7-10-21)12-15(22)19-16(13(2)3)17-18-8-11-20(17)4/h8,11,13-14,16H,5-7,9-10,12H2,1-4H3,(H,19,22). The van der Waals surface area contributed by atoms with Crippen LogP contribution >= 0.6 is 0 Å². The Kier molecular flexibility index (Phi) is 6.00. The molecule has 0 spiro atoms. The van der Waals surface area contributed by atoms with Crippen LogP contribution < -0.4 is 5.32 Å². The van der Waals surface area contributed by atoms with Crippen molar-refractivity contribution in [2.45, 2.75) is 46.1 Å². The predicted octanol–water partition coefficient (Wildman–Crippen LogP) is 2.36. The predicted molar refractivity (Wildman–Crippen MR) is 88.4 cm³/mol. The molecule has 1 aromatic rings. The quantitative estimate of drug-likeness (QED) is 0.878.